The highest BCUT2D eigenvalue weighted by Crippen LogP contribution is 2.28. The molecule has 6 nitrogen and oxygen atoms in total. The van der Waals surface area contributed by atoms with E-state index in [0.717, 1.165) is 24.3 Å². The van der Waals surface area contributed by atoms with Crippen LogP contribution in [0.4, 0.5) is 20.2 Å². The van der Waals surface area contributed by atoms with Gasteiger partial charge in [0, 0.05) is 12.1 Å². The summed E-state index contributed by atoms with van der Waals surface area (Å²) in [5.74, 6) is -2.18. The lowest BCUT2D eigenvalue weighted by Gasteiger charge is -2.13. The van der Waals surface area contributed by atoms with E-state index in [1.807, 2.05) is 0 Å². The normalized spacial score (nSPS) is 11.3. The van der Waals surface area contributed by atoms with Gasteiger partial charge in [0.05, 0.1) is 9.82 Å². The Hall–Kier alpha value is -2.55. The van der Waals surface area contributed by atoms with Gasteiger partial charge >= 0.3 is 0 Å². The van der Waals surface area contributed by atoms with E-state index in [9.17, 15) is 27.3 Å². The predicted octanol–water partition coefficient (Wildman–Crippen LogP) is 3.29. The second kappa shape index (κ2) is 5.92. The van der Waals surface area contributed by atoms with Crippen LogP contribution in [0.1, 0.15) is 11.1 Å². The van der Waals surface area contributed by atoms with Crippen LogP contribution in [0.15, 0.2) is 35.2 Å². The number of rotatable bonds is 4. The molecule has 9 heteroatoms. The molecule has 0 aliphatic rings. The average Bonchev–Trinajstić information content (AvgIpc) is 2.45. The molecule has 2 rings (SSSR count). The number of nitrogens with one attached hydrogen (secondary N) is 1. The number of nitro benzene ring substituents is 1. The van der Waals surface area contributed by atoms with Crippen molar-refractivity contribution < 1.29 is 22.1 Å². The number of hydrogen-bond donors (Lipinski definition) is 1. The Balaban J connectivity index is 2.59. The summed E-state index contributed by atoms with van der Waals surface area (Å²) in [6, 6.07) is 4.95. The number of benzene rings is 2. The predicted molar refractivity (Wildman–Crippen MR) is 79.7 cm³/mol. The molecule has 2 aromatic carbocycles. The number of aryl methyl sites for hydroxylation is 1. The topological polar surface area (TPSA) is 89.3 Å². The second-order valence-electron chi connectivity index (χ2n) is 4.85. The van der Waals surface area contributed by atoms with Crippen molar-refractivity contribution in [3.63, 3.8) is 0 Å². The summed E-state index contributed by atoms with van der Waals surface area (Å²) < 4.78 is 53.8. The van der Waals surface area contributed by atoms with Crippen LogP contribution < -0.4 is 4.72 Å². The highest BCUT2D eigenvalue weighted by Gasteiger charge is 2.24. The summed E-state index contributed by atoms with van der Waals surface area (Å²) >= 11 is 0. The third-order valence-corrected chi connectivity index (χ3v) is 4.78. The molecule has 0 saturated carbocycles. The van der Waals surface area contributed by atoms with Gasteiger partial charge in [-0.05, 0) is 37.1 Å². The maximum absolute atomic E-state index is 13.6. The highest BCUT2D eigenvalue weighted by molar-refractivity contribution is 7.92. The molecule has 0 fully saturated rings. The molecule has 0 spiro atoms. The van der Waals surface area contributed by atoms with Gasteiger partial charge < -0.3 is 0 Å². The quantitative estimate of drug-likeness (QED) is 0.682. The molecule has 1 N–H and O–H groups in total. The molecule has 0 radical (unpaired) electrons. The minimum absolute atomic E-state index is 0.250. The van der Waals surface area contributed by atoms with Crippen LogP contribution in [0, 0.1) is 35.6 Å². The number of halogens is 2. The Labute approximate surface area is 131 Å². The van der Waals surface area contributed by atoms with Gasteiger partial charge in [-0.2, -0.15) is 0 Å². The van der Waals surface area contributed by atoms with Gasteiger partial charge in [0.25, 0.3) is 15.7 Å². The zero-order valence-corrected chi connectivity index (χ0v) is 12.9. The molecule has 2 aromatic rings. The lowest BCUT2D eigenvalue weighted by Crippen LogP contribution is -2.17. The van der Waals surface area contributed by atoms with Gasteiger partial charge in [-0.3, -0.25) is 14.8 Å². The number of para-hydroxylation sites is 1. The Morgan fingerprint density at radius 2 is 1.70 bits per heavy atom. The lowest BCUT2D eigenvalue weighted by atomic mass is 10.1. The first-order valence-corrected chi connectivity index (χ1v) is 7.84. The van der Waals surface area contributed by atoms with Crippen LogP contribution in [-0.4, -0.2) is 13.3 Å². The Bertz CT molecular complexity index is 878. The van der Waals surface area contributed by atoms with Crippen LogP contribution in [0.3, 0.4) is 0 Å². The van der Waals surface area contributed by atoms with Crippen molar-refractivity contribution >= 4 is 21.4 Å². The molecular weight excluding hydrogens is 330 g/mol. The second-order valence-corrected chi connectivity index (χ2v) is 6.50. The zero-order chi connectivity index (χ0) is 17.4. The van der Waals surface area contributed by atoms with Gasteiger partial charge in [-0.25, -0.2) is 17.2 Å². The van der Waals surface area contributed by atoms with E-state index in [-0.39, 0.29) is 5.56 Å². The number of non-ortho nitro benzene ring substituents is 1. The van der Waals surface area contributed by atoms with E-state index < -0.39 is 42.9 Å². The van der Waals surface area contributed by atoms with E-state index >= 15 is 0 Å². The summed E-state index contributed by atoms with van der Waals surface area (Å²) in [5, 5.41) is 10.9. The van der Waals surface area contributed by atoms with Gasteiger partial charge in [0.2, 0.25) is 0 Å². The van der Waals surface area contributed by atoms with E-state index in [0.29, 0.717) is 5.56 Å². The first-order valence-electron chi connectivity index (χ1n) is 6.36. The fourth-order valence-electron chi connectivity index (χ4n) is 1.98. The van der Waals surface area contributed by atoms with Crippen LogP contribution in [0.25, 0.3) is 0 Å². The van der Waals surface area contributed by atoms with E-state index in [1.54, 1.807) is 4.72 Å². The molecule has 0 amide bonds. The van der Waals surface area contributed by atoms with Crippen LogP contribution in [0.5, 0.6) is 0 Å². The monoisotopic (exact) mass is 342 g/mol. The van der Waals surface area contributed by atoms with Crippen LogP contribution in [0.2, 0.25) is 0 Å². The van der Waals surface area contributed by atoms with E-state index in [1.165, 1.54) is 19.9 Å². The number of hydrogen-bond acceptors (Lipinski definition) is 4. The number of nitrogens with zero attached hydrogens (tertiary/aromatic N) is 1. The smallest absolute Gasteiger partial charge is 0.271 e. The minimum atomic E-state index is -4.40. The third-order valence-electron chi connectivity index (χ3n) is 3.30. The highest BCUT2D eigenvalue weighted by atomic mass is 32.2. The van der Waals surface area contributed by atoms with Crippen molar-refractivity contribution in [3.8, 4) is 0 Å². The number of sulfonamides is 1. The van der Waals surface area contributed by atoms with Gasteiger partial charge in [-0.1, -0.05) is 6.07 Å². The zero-order valence-electron chi connectivity index (χ0n) is 12.1. The number of anilines is 1. The maximum atomic E-state index is 13.6. The van der Waals surface area contributed by atoms with Gasteiger partial charge in [-0.15, -0.1) is 0 Å². The molecule has 0 atom stereocenters. The first kappa shape index (κ1) is 16.8. The van der Waals surface area contributed by atoms with Crippen LogP contribution >= 0.6 is 0 Å². The summed E-state index contributed by atoms with van der Waals surface area (Å²) in [7, 11) is -4.40. The molecule has 0 unspecified atom stereocenters. The molecule has 0 aromatic heterocycles. The standard InChI is InChI=1S/C14H12F2N2O4S/c1-8-6-10(18(19)20)7-13(9(8)2)23(21,22)17-14-11(15)4-3-5-12(14)16/h3-7,17H,1-2H3. The summed E-state index contributed by atoms with van der Waals surface area (Å²) in [6.07, 6.45) is 0. The van der Waals surface area contributed by atoms with Crippen molar-refractivity contribution in [3.05, 3.63) is 63.2 Å². The van der Waals surface area contributed by atoms with Crippen molar-refractivity contribution in [1.82, 2.24) is 0 Å². The molecule has 0 bridgehead atoms. The van der Waals surface area contributed by atoms with E-state index in [2.05, 4.69) is 0 Å². The molecule has 0 aliphatic carbocycles. The molecular formula is C14H12F2N2O4S. The Morgan fingerprint density at radius 3 is 2.22 bits per heavy atom. The molecule has 122 valence electrons. The lowest BCUT2D eigenvalue weighted by molar-refractivity contribution is -0.385. The summed E-state index contributed by atoms with van der Waals surface area (Å²) in [5.41, 5.74) is -0.646. The average molecular weight is 342 g/mol. The van der Waals surface area contributed by atoms with Crippen molar-refractivity contribution in [2.45, 2.75) is 18.7 Å². The van der Waals surface area contributed by atoms with Gasteiger partial charge in [0.1, 0.15) is 17.3 Å². The summed E-state index contributed by atoms with van der Waals surface area (Å²) in [6.45, 7) is 2.95. The third kappa shape index (κ3) is 3.29. The van der Waals surface area contributed by atoms with Crippen molar-refractivity contribution in [2.24, 2.45) is 0 Å². The molecule has 0 saturated heterocycles. The molecule has 0 aliphatic heterocycles. The minimum Gasteiger partial charge on any atom is -0.274 e. The summed E-state index contributed by atoms with van der Waals surface area (Å²) in [4.78, 5) is 9.73. The van der Waals surface area contributed by atoms with E-state index in [4.69, 9.17) is 0 Å². The van der Waals surface area contributed by atoms with Crippen molar-refractivity contribution in [2.75, 3.05) is 4.72 Å². The Morgan fingerprint density at radius 1 is 1.13 bits per heavy atom. The van der Waals surface area contributed by atoms with Gasteiger partial charge in [0.15, 0.2) is 0 Å². The largest absolute Gasteiger partial charge is 0.274 e. The Kier molecular flexibility index (Phi) is 4.33. The molecule has 23 heavy (non-hydrogen) atoms. The fourth-order valence-corrected chi connectivity index (χ4v) is 3.39. The SMILES string of the molecule is Cc1cc([N+](=O)[O-])cc(S(=O)(=O)Nc2c(F)cccc2F)c1C. The van der Waals surface area contributed by atoms with Crippen LogP contribution in [-0.2, 0) is 10.0 Å². The molecule has 0 heterocycles. The fraction of sp³-hybridized carbons (Fsp3) is 0.143. The number of nitro groups is 1. The maximum Gasteiger partial charge on any atom is 0.271 e. The first-order chi connectivity index (χ1) is 10.6. The van der Waals surface area contributed by atoms with Crippen molar-refractivity contribution in [1.29, 1.82) is 0 Å².